The average molecular weight is 705 g/mol. The summed E-state index contributed by atoms with van der Waals surface area (Å²) in [5.41, 5.74) is 15.1. The van der Waals surface area contributed by atoms with Gasteiger partial charge < -0.3 is 0 Å². The van der Waals surface area contributed by atoms with Crippen molar-refractivity contribution in [2.75, 3.05) is 0 Å². The van der Waals surface area contributed by atoms with Gasteiger partial charge in [-0.2, -0.15) is 0 Å². The summed E-state index contributed by atoms with van der Waals surface area (Å²) in [4.78, 5) is 19.1. The Bertz CT molecular complexity index is 2840. The van der Waals surface area contributed by atoms with Gasteiger partial charge in [-0.05, 0) is 78.5 Å². The van der Waals surface area contributed by atoms with Gasteiger partial charge >= 0.3 is 0 Å². The van der Waals surface area contributed by atoms with Crippen molar-refractivity contribution >= 4 is 10.8 Å². The van der Waals surface area contributed by atoms with Crippen molar-refractivity contribution < 1.29 is 0 Å². The minimum atomic E-state index is -0.0572. The molecular weight excluding hydrogens is 669 g/mol. The molecule has 0 saturated carbocycles. The molecule has 9 aromatic rings. The van der Waals surface area contributed by atoms with Crippen molar-refractivity contribution in [1.82, 2.24) is 19.9 Å². The van der Waals surface area contributed by atoms with Gasteiger partial charge in [-0.3, -0.25) is 4.98 Å². The maximum Gasteiger partial charge on any atom is 0.164 e. The maximum absolute atomic E-state index is 4.98. The Kier molecular flexibility index (Phi) is 7.77. The van der Waals surface area contributed by atoms with Crippen LogP contribution in [0.2, 0.25) is 0 Å². The Balaban J connectivity index is 0.945. The van der Waals surface area contributed by atoms with Gasteiger partial charge in [0.15, 0.2) is 17.5 Å². The molecule has 0 saturated heterocycles. The lowest BCUT2D eigenvalue weighted by atomic mass is 9.80. The van der Waals surface area contributed by atoms with Gasteiger partial charge in [0, 0.05) is 34.5 Å². The zero-order valence-electron chi connectivity index (χ0n) is 30.6. The Morgan fingerprint density at radius 2 is 0.873 bits per heavy atom. The molecule has 0 radical (unpaired) electrons. The van der Waals surface area contributed by atoms with Gasteiger partial charge in [-0.1, -0.05) is 172 Å². The molecule has 1 aliphatic carbocycles. The molecule has 0 aliphatic heterocycles. The molecular formula is C51H36N4. The molecule has 55 heavy (non-hydrogen) atoms. The third-order valence-electron chi connectivity index (χ3n) is 11.0. The van der Waals surface area contributed by atoms with Crippen molar-refractivity contribution in [2.24, 2.45) is 0 Å². The quantitative estimate of drug-likeness (QED) is 0.173. The summed E-state index contributed by atoms with van der Waals surface area (Å²) in [6.07, 6.45) is 3.66. The van der Waals surface area contributed by atoms with E-state index in [1.165, 1.54) is 44.2 Å². The monoisotopic (exact) mass is 704 g/mol. The molecule has 4 heteroatoms. The average Bonchev–Trinajstić information content (AvgIpc) is 3.50. The first-order chi connectivity index (χ1) is 27.0. The molecule has 0 unspecified atom stereocenters. The summed E-state index contributed by atoms with van der Waals surface area (Å²) in [7, 11) is 0. The first-order valence-electron chi connectivity index (χ1n) is 18.7. The van der Waals surface area contributed by atoms with Crippen LogP contribution in [0, 0.1) is 0 Å². The van der Waals surface area contributed by atoms with Gasteiger partial charge in [-0.25, -0.2) is 15.0 Å². The van der Waals surface area contributed by atoms with Crippen molar-refractivity contribution in [3.63, 3.8) is 0 Å². The van der Waals surface area contributed by atoms with E-state index in [-0.39, 0.29) is 5.41 Å². The number of rotatable bonds is 6. The van der Waals surface area contributed by atoms with Crippen LogP contribution in [-0.4, -0.2) is 19.9 Å². The standard InChI is InChI=1S/C51H36N4/c1-51(2)46-29-27-41(31-45(46)44-28-26-37-9-6-7-13-43(37)47(44)51)35-16-14-33(15-17-35)34-18-22-39(23-19-34)49-53-48(38-10-4-3-5-11-38)54-50(55-49)40-24-20-36(21-25-40)42-12-8-30-52-32-42/h3-32H,1-2H3. The van der Waals surface area contributed by atoms with Gasteiger partial charge in [-0.15, -0.1) is 0 Å². The molecule has 0 bridgehead atoms. The molecule has 2 heterocycles. The summed E-state index contributed by atoms with van der Waals surface area (Å²) < 4.78 is 0. The summed E-state index contributed by atoms with van der Waals surface area (Å²) in [6.45, 7) is 4.71. The number of aromatic nitrogens is 4. The second-order valence-corrected chi connectivity index (χ2v) is 14.7. The van der Waals surface area contributed by atoms with E-state index in [1.54, 1.807) is 6.20 Å². The van der Waals surface area contributed by atoms with E-state index in [4.69, 9.17) is 15.0 Å². The Morgan fingerprint density at radius 1 is 0.382 bits per heavy atom. The fraction of sp³-hybridized carbons (Fsp3) is 0.0588. The van der Waals surface area contributed by atoms with E-state index in [0.717, 1.165) is 38.9 Å². The van der Waals surface area contributed by atoms with Crippen molar-refractivity contribution in [1.29, 1.82) is 0 Å². The van der Waals surface area contributed by atoms with Crippen molar-refractivity contribution in [3.8, 4) is 78.7 Å². The third-order valence-corrected chi connectivity index (χ3v) is 11.0. The normalized spacial score (nSPS) is 12.7. The van der Waals surface area contributed by atoms with E-state index >= 15 is 0 Å². The van der Waals surface area contributed by atoms with E-state index in [2.05, 4.69) is 152 Å². The van der Waals surface area contributed by atoms with Crippen LogP contribution in [0.4, 0.5) is 0 Å². The van der Waals surface area contributed by atoms with Crippen molar-refractivity contribution in [3.05, 3.63) is 193 Å². The van der Waals surface area contributed by atoms with Crippen LogP contribution in [0.3, 0.4) is 0 Å². The highest BCUT2D eigenvalue weighted by Gasteiger charge is 2.36. The van der Waals surface area contributed by atoms with Gasteiger partial charge in [0.05, 0.1) is 0 Å². The fourth-order valence-electron chi connectivity index (χ4n) is 8.16. The molecule has 7 aromatic carbocycles. The van der Waals surface area contributed by atoms with Crippen LogP contribution in [-0.2, 0) is 5.41 Å². The number of pyridine rings is 1. The molecule has 0 N–H and O–H groups in total. The van der Waals surface area contributed by atoms with Crippen LogP contribution in [0.5, 0.6) is 0 Å². The van der Waals surface area contributed by atoms with Crippen LogP contribution in [0.15, 0.2) is 182 Å². The summed E-state index contributed by atoms with van der Waals surface area (Å²) in [6, 6.07) is 60.1. The Labute approximate surface area is 320 Å². The first-order valence-corrected chi connectivity index (χ1v) is 18.7. The molecule has 4 nitrogen and oxygen atoms in total. The molecule has 260 valence electrons. The van der Waals surface area contributed by atoms with Gasteiger partial charge in [0.1, 0.15) is 0 Å². The van der Waals surface area contributed by atoms with E-state index in [9.17, 15) is 0 Å². The Hall–Kier alpha value is -7.04. The zero-order valence-corrected chi connectivity index (χ0v) is 30.6. The van der Waals surface area contributed by atoms with E-state index in [0.29, 0.717) is 17.5 Å². The molecule has 10 rings (SSSR count). The lowest BCUT2D eigenvalue weighted by Gasteiger charge is -2.23. The molecule has 0 fully saturated rings. The lowest BCUT2D eigenvalue weighted by Crippen LogP contribution is -2.15. The van der Waals surface area contributed by atoms with Gasteiger partial charge in [0.2, 0.25) is 0 Å². The maximum atomic E-state index is 4.98. The minimum absolute atomic E-state index is 0.0572. The summed E-state index contributed by atoms with van der Waals surface area (Å²) in [5.74, 6) is 1.91. The molecule has 2 aromatic heterocycles. The first kappa shape index (κ1) is 32.6. The number of nitrogens with zero attached hydrogens (tertiary/aromatic N) is 4. The molecule has 0 atom stereocenters. The Morgan fingerprint density at radius 3 is 1.47 bits per heavy atom. The second-order valence-electron chi connectivity index (χ2n) is 14.7. The van der Waals surface area contributed by atoms with Crippen molar-refractivity contribution in [2.45, 2.75) is 19.3 Å². The highest BCUT2D eigenvalue weighted by Crippen LogP contribution is 2.52. The topological polar surface area (TPSA) is 51.6 Å². The van der Waals surface area contributed by atoms with Crippen LogP contribution in [0.1, 0.15) is 25.0 Å². The number of hydrogen-bond donors (Lipinski definition) is 0. The SMILES string of the molecule is CC1(C)c2ccc(-c3ccc(-c4ccc(-c5nc(-c6ccccc6)nc(-c6ccc(-c7cccnc7)cc6)n5)cc4)cc3)cc2-c2ccc3ccccc3c21. The molecule has 1 aliphatic rings. The largest absolute Gasteiger partial charge is 0.264 e. The predicted octanol–water partition coefficient (Wildman–Crippen LogP) is 12.7. The van der Waals surface area contributed by atoms with E-state index in [1.807, 2.05) is 42.6 Å². The fourth-order valence-corrected chi connectivity index (χ4v) is 8.16. The third kappa shape index (κ3) is 5.80. The minimum Gasteiger partial charge on any atom is -0.264 e. The number of benzene rings is 7. The number of fused-ring (bicyclic) bond motifs is 5. The smallest absolute Gasteiger partial charge is 0.164 e. The zero-order chi connectivity index (χ0) is 36.9. The summed E-state index contributed by atoms with van der Waals surface area (Å²) >= 11 is 0. The highest BCUT2D eigenvalue weighted by atomic mass is 15.0. The molecule has 0 amide bonds. The highest BCUT2D eigenvalue weighted by molar-refractivity contribution is 5.98. The summed E-state index contributed by atoms with van der Waals surface area (Å²) in [5, 5.41) is 2.64. The second kappa shape index (κ2) is 13.1. The van der Waals surface area contributed by atoms with Crippen LogP contribution >= 0.6 is 0 Å². The van der Waals surface area contributed by atoms with Gasteiger partial charge in [0.25, 0.3) is 0 Å². The predicted molar refractivity (Wildman–Crippen MR) is 225 cm³/mol. The lowest BCUT2D eigenvalue weighted by molar-refractivity contribution is 0.666. The van der Waals surface area contributed by atoms with Crippen LogP contribution < -0.4 is 0 Å². The van der Waals surface area contributed by atoms with Crippen LogP contribution in [0.25, 0.3) is 89.4 Å². The number of hydrogen-bond acceptors (Lipinski definition) is 4. The molecule has 0 spiro atoms. The van der Waals surface area contributed by atoms with E-state index < -0.39 is 0 Å².